The molecule has 0 saturated heterocycles. The number of hydrogen-bond donors (Lipinski definition) is 2. The van der Waals surface area contributed by atoms with Gasteiger partial charge in [-0.1, -0.05) is 43.2 Å². The Labute approximate surface area is 154 Å². The Morgan fingerprint density at radius 3 is 2.50 bits per heavy atom. The van der Waals surface area contributed by atoms with E-state index in [0.29, 0.717) is 5.56 Å². The van der Waals surface area contributed by atoms with Crippen LogP contribution >= 0.6 is 0 Å². The van der Waals surface area contributed by atoms with Crippen molar-refractivity contribution >= 4 is 5.91 Å². The number of hydrogen-bond acceptors (Lipinski definition) is 2. The minimum absolute atomic E-state index is 0.365. The standard InChI is InChI=1S/C21H26N4O/c1-4-5-18-20(16-8-6-14(2)7-9-16)19(21(22)26)15(3)25(18)11-10-17-12-23-13-24-17/h6-9,12-13H,4-5,10-11H2,1-3H3,(H2,22,26)(H,23,24). The fourth-order valence-corrected chi connectivity index (χ4v) is 3.58. The van der Waals surface area contributed by atoms with Crippen molar-refractivity contribution in [3.05, 3.63) is 65.0 Å². The number of nitrogens with two attached hydrogens (primary N) is 1. The minimum Gasteiger partial charge on any atom is -0.366 e. The van der Waals surface area contributed by atoms with Crippen LogP contribution in [0.1, 0.15) is 46.3 Å². The summed E-state index contributed by atoms with van der Waals surface area (Å²) in [5, 5.41) is 0. The van der Waals surface area contributed by atoms with Crippen molar-refractivity contribution in [1.82, 2.24) is 14.5 Å². The predicted molar refractivity (Wildman–Crippen MR) is 104 cm³/mol. The zero-order valence-electron chi connectivity index (χ0n) is 15.7. The highest BCUT2D eigenvalue weighted by Gasteiger charge is 2.24. The first-order valence-electron chi connectivity index (χ1n) is 9.09. The molecule has 3 aromatic rings. The van der Waals surface area contributed by atoms with E-state index in [0.717, 1.165) is 48.3 Å². The Hall–Kier alpha value is -2.82. The third-order valence-electron chi connectivity index (χ3n) is 4.86. The lowest BCUT2D eigenvalue weighted by atomic mass is 9.97. The van der Waals surface area contributed by atoms with Gasteiger partial charge >= 0.3 is 0 Å². The van der Waals surface area contributed by atoms with Gasteiger partial charge in [0.2, 0.25) is 0 Å². The highest BCUT2D eigenvalue weighted by molar-refractivity contribution is 6.02. The first-order valence-corrected chi connectivity index (χ1v) is 9.09. The molecule has 0 fully saturated rings. The van der Waals surface area contributed by atoms with E-state index in [9.17, 15) is 4.79 Å². The Morgan fingerprint density at radius 1 is 1.19 bits per heavy atom. The van der Waals surface area contributed by atoms with E-state index >= 15 is 0 Å². The highest BCUT2D eigenvalue weighted by atomic mass is 16.1. The molecule has 5 heteroatoms. The van der Waals surface area contributed by atoms with Gasteiger partial charge in [0.05, 0.1) is 11.9 Å². The number of benzene rings is 1. The van der Waals surface area contributed by atoms with Crippen molar-refractivity contribution in [3.8, 4) is 11.1 Å². The van der Waals surface area contributed by atoms with Crippen LogP contribution in [0.3, 0.4) is 0 Å². The van der Waals surface area contributed by atoms with Gasteiger partial charge in [0.15, 0.2) is 0 Å². The van der Waals surface area contributed by atoms with Gasteiger partial charge in [-0.15, -0.1) is 0 Å². The Kier molecular flexibility index (Phi) is 5.26. The maximum absolute atomic E-state index is 12.3. The fourth-order valence-electron chi connectivity index (χ4n) is 3.58. The lowest BCUT2D eigenvalue weighted by molar-refractivity contribution is 0.1000. The molecule has 2 heterocycles. The second-order valence-corrected chi connectivity index (χ2v) is 6.74. The predicted octanol–water partition coefficient (Wildman–Crippen LogP) is 3.79. The molecule has 0 aliphatic carbocycles. The Morgan fingerprint density at radius 2 is 1.92 bits per heavy atom. The average molecular weight is 350 g/mol. The number of aromatic nitrogens is 3. The lowest BCUT2D eigenvalue weighted by Crippen LogP contribution is -2.14. The molecule has 5 nitrogen and oxygen atoms in total. The van der Waals surface area contributed by atoms with Crippen LogP contribution in [0.5, 0.6) is 0 Å². The lowest BCUT2D eigenvalue weighted by Gasteiger charge is -2.12. The molecule has 0 aliphatic heterocycles. The second kappa shape index (κ2) is 7.60. The summed E-state index contributed by atoms with van der Waals surface area (Å²) in [6.07, 6.45) is 6.27. The molecule has 136 valence electrons. The number of amides is 1. The van der Waals surface area contributed by atoms with Gasteiger partial charge in [0.25, 0.3) is 5.91 Å². The van der Waals surface area contributed by atoms with Crippen molar-refractivity contribution in [1.29, 1.82) is 0 Å². The molecule has 3 N–H and O–H groups in total. The third-order valence-corrected chi connectivity index (χ3v) is 4.86. The van der Waals surface area contributed by atoms with E-state index in [1.165, 1.54) is 11.3 Å². The number of nitrogens with zero attached hydrogens (tertiary/aromatic N) is 2. The summed E-state index contributed by atoms with van der Waals surface area (Å²) >= 11 is 0. The summed E-state index contributed by atoms with van der Waals surface area (Å²) in [4.78, 5) is 19.5. The van der Waals surface area contributed by atoms with Crippen molar-refractivity contribution in [2.24, 2.45) is 5.73 Å². The summed E-state index contributed by atoms with van der Waals surface area (Å²) in [5.74, 6) is -0.365. The van der Waals surface area contributed by atoms with Gasteiger partial charge in [-0.05, 0) is 25.8 Å². The van der Waals surface area contributed by atoms with E-state index in [2.05, 4.69) is 52.6 Å². The highest BCUT2D eigenvalue weighted by Crippen LogP contribution is 2.34. The number of carbonyl (C=O) groups is 1. The zero-order chi connectivity index (χ0) is 18.7. The van der Waals surface area contributed by atoms with Crippen LogP contribution in [0, 0.1) is 13.8 Å². The van der Waals surface area contributed by atoms with Crippen LogP contribution in [0.25, 0.3) is 11.1 Å². The summed E-state index contributed by atoms with van der Waals surface area (Å²) in [6.45, 7) is 7.00. The van der Waals surface area contributed by atoms with Gasteiger partial charge in [0, 0.05) is 41.8 Å². The van der Waals surface area contributed by atoms with E-state index < -0.39 is 0 Å². The van der Waals surface area contributed by atoms with Gasteiger partial charge < -0.3 is 15.3 Å². The number of imidazole rings is 1. The SMILES string of the molecule is CCCc1c(-c2ccc(C)cc2)c(C(N)=O)c(C)n1CCc1cnc[nH]1. The maximum atomic E-state index is 12.3. The molecular weight excluding hydrogens is 324 g/mol. The molecule has 0 aliphatic rings. The topological polar surface area (TPSA) is 76.7 Å². The number of primary amides is 1. The molecule has 0 radical (unpaired) electrons. The van der Waals surface area contributed by atoms with Crippen LogP contribution in [-0.4, -0.2) is 20.4 Å². The number of aromatic amines is 1. The maximum Gasteiger partial charge on any atom is 0.251 e. The smallest absolute Gasteiger partial charge is 0.251 e. The summed E-state index contributed by atoms with van der Waals surface area (Å²) in [6, 6.07) is 8.31. The van der Waals surface area contributed by atoms with E-state index in [-0.39, 0.29) is 5.91 Å². The van der Waals surface area contributed by atoms with Crippen LogP contribution in [0.2, 0.25) is 0 Å². The van der Waals surface area contributed by atoms with E-state index in [1.807, 2.05) is 13.1 Å². The molecule has 0 saturated carbocycles. The Balaban J connectivity index is 2.12. The molecule has 3 rings (SSSR count). The molecule has 26 heavy (non-hydrogen) atoms. The summed E-state index contributed by atoms with van der Waals surface area (Å²) in [7, 11) is 0. The van der Waals surface area contributed by atoms with Gasteiger partial charge in [0.1, 0.15) is 0 Å². The molecule has 1 amide bonds. The number of nitrogens with one attached hydrogen (secondary N) is 1. The second-order valence-electron chi connectivity index (χ2n) is 6.74. The van der Waals surface area contributed by atoms with Crippen molar-refractivity contribution in [2.75, 3.05) is 0 Å². The van der Waals surface area contributed by atoms with Gasteiger partial charge in [-0.2, -0.15) is 0 Å². The van der Waals surface area contributed by atoms with Crippen molar-refractivity contribution in [3.63, 3.8) is 0 Å². The van der Waals surface area contributed by atoms with Crippen molar-refractivity contribution in [2.45, 2.75) is 46.6 Å². The van der Waals surface area contributed by atoms with Crippen molar-refractivity contribution < 1.29 is 4.79 Å². The van der Waals surface area contributed by atoms with Crippen LogP contribution in [0.15, 0.2) is 36.8 Å². The monoisotopic (exact) mass is 350 g/mol. The molecule has 2 aromatic heterocycles. The van der Waals surface area contributed by atoms with Crippen LogP contribution in [-0.2, 0) is 19.4 Å². The number of aryl methyl sites for hydroxylation is 2. The van der Waals surface area contributed by atoms with E-state index in [4.69, 9.17) is 5.73 Å². The number of rotatable bonds is 7. The van der Waals surface area contributed by atoms with Crippen LogP contribution in [0.4, 0.5) is 0 Å². The summed E-state index contributed by atoms with van der Waals surface area (Å²) in [5.41, 5.74) is 12.9. The van der Waals surface area contributed by atoms with Crippen LogP contribution < -0.4 is 5.73 Å². The molecular formula is C21H26N4O. The molecule has 0 spiro atoms. The first kappa shape index (κ1) is 18.0. The molecule has 1 aromatic carbocycles. The molecule has 0 atom stereocenters. The first-order chi connectivity index (χ1) is 12.5. The minimum atomic E-state index is -0.365. The largest absolute Gasteiger partial charge is 0.366 e. The molecule has 0 bridgehead atoms. The fraction of sp³-hybridized carbons (Fsp3) is 0.333. The van der Waals surface area contributed by atoms with Gasteiger partial charge in [-0.25, -0.2) is 4.98 Å². The summed E-state index contributed by atoms with van der Waals surface area (Å²) < 4.78 is 2.25. The molecule has 0 unspecified atom stereocenters. The van der Waals surface area contributed by atoms with Gasteiger partial charge in [-0.3, -0.25) is 4.79 Å². The number of carbonyl (C=O) groups excluding carboxylic acids is 1. The number of H-pyrrole nitrogens is 1. The zero-order valence-corrected chi connectivity index (χ0v) is 15.7. The Bertz CT molecular complexity index is 889. The normalized spacial score (nSPS) is 11.0. The average Bonchev–Trinajstić information content (AvgIpc) is 3.21. The third kappa shape index (κ3) is 3.43. The van der Waals surface area contributed by atoms with E-state index in [1.54, 1.807) is 6.33 Å². The quantitative estimate of drug-likeness (QED) is 0.680.